The molecule has 0 unspecified atom stereocenters. The number of rotatable bonds is 8. The average Bonchev–Trinajstić information content (AvgIpc) is 2.61. The molecule has 0 aliphatic heterocycles. The maximum Gasteiger partial charge on any atom is 0.408 e. The second kappa shape index (κ2) is 10.4. The van der Waals surface area contributed by atoms with Crippen LogP contribution in [0.15, 0.2) is 43.0 Å². The largest absolute Gasteiger partial charge is 0.469 e. The van der Waals surface area contributed by atoms with Gasteiger partial charge in [-0.1, -0.05) is 36.4 Å². The molecule has 2 atom stereocenters. The normalized spacial score (nSPS) is 13.0. The number of hydrogen-bond donors (Lipinski definition) is 1. The van der Waals surface area contributed by atoms with Crippen molar-refractivity contribution in [3.63, 3.8) is 0 Å². The fourth-order valence-corrected chi connectivity index (χ4v) is 2.28. The van der Waals surface area contributed by atoms with E-state index in [4.69, 9.17) is 14.2 Å². The van der Waals surface area contributed by atoms with Crippen LogP contribution in [0.4, 0.5) is 4.79 Å². The summed E-state index contributed by atoms with van der Waals surface area (Å²) in [5.41, 5.74) is -0.00290. The van der Waals surface area contributed by atoms with Gasteiger partial charge in [-0.3, -0.25) is 4.79 Å². The number of carbonyl (C=O) groups excluding carboxylic acids is 3. The average molecular weight is 377 g/mol. The van der Waals surface area contributed by atoms with Gasteiger partial charge in [-0.05, 0) is 32.8 Å². The minimum Gasteiger partial charge on any atom is -0.469 e. The Balaban J connectivity index is 2.91. The minimum absolute atomic E-state index is 0.0259. The molecular weight excluding hydrogens is 350 g/mol. The van der Waals surface area contributed by atoms with E-state index in [1.54, 1.807) is 32.9 Å². The van der Waals surface area contributed by atoms with Crippen molar-refractivity contribution in [2.24, 2.45) is 5.92 Å². The highest BCUT2D eigenvalue weighted by Gasteiger charge is 2.38. The molecule has 0 aliphatic rings. The fraction of sp³-hybridized carbons (Fsp3) is 0.450. The lowest BCUT2D eigenvalue weighted by molar-refractivity contribution is -0.163. The highest BCUT2D eigenvalue weighted by atomic mass is 16.6. The number of amides is 1. The summed E-state index contributed by atoms with van der Waals surface area (Å²) in [4.78, 5) is 36.9. The maximum atomic E-state index is 12.6. The molecule has 0 spiro atoms. The molecule has 0 aliphatic carbocycles. The highest BCUT2D eigenvalue weighted by molar-refractivity contribution is 5.88. The summed E-state index contributed by atoms with van der Waals surface area (Å²) in [6.45, 7) is 8.68. The first-order valence-corrected chi connectivity index (χ1v) is 8.56. The van der Waals surface area contributed by atoms with Gasteiger partial charge in [-0.15, -0.1) is 6.58 Å². The molecule has 0 radical (unpaired) electrons. The van der Waals surface area contributed by atoms with Crippen LogP contribution in [0.25, 0.3) is 0 Å². The lowest BCUT2D eigenvalue weighted by Gasteiger charge is -2.27. The lowest BCUT2D eigenvalue weighted by atomic mass is 9.96. The zero-order valence-corrected chi connectivity index (χ0v) is 16.2. The topological polar surface area (TPSA) is 90.9 Å². The standard InChI is InChI=1S/C20H27NO6/c1-6-10-15(17(22)25-5)16(18(23)27-20(2,3)4)21-19(24)26-13-14-11-8-7-9-12-14/h6-9,11-12,15-16H,1,10,13H2,2-5H3,(H,21,24)/t15-,16-/m0/s1. The third kappa shape index (κ3) is 7.94. The summed E-state index contributed by atoms with van der Waals surface area (Å²) < 4.78 is 15.2. The molecule has 1 aromatic rings. The Labute approximate surface area is 159 Å². The predicted molar refractivity (Wildman–Crippen MR) is 99.7 cm³/mol. The number of carbonyl (C=O) groups is 3. The molecule has 7 heteroatoms. The Morgan fingerprint density at radius 3 is 2.30 bits per heavy atom. The van der Waals surface area contributed by atoms with Gasteiger partial charge in [0.25, 0.3) is 0 Å². The van der Waals surface area contributed by atoms with Crippen LogP contribution in [0.3, 0.4) is 0 Å². The molecule has 0 saturated heterocycles. The Hall–Kier alpha value is -2.83. The molecular formula is C20H27NO6. The number of allylic oxidation sites excluding steroid dienone is 1. The van der Waals surface area contributed by atoms with E-state index in [9.17, 15) is 14.4 Å². The van der Waals surface area contributed by atoms with Crippen LogP contribution in [0.5, 0.6) is 0 Å². The maximum absolute atomic E-state index is 12.6. The number of ether oxygens (including phenoxy) is 3. The van der Waals surface area contributed by atoms with E-state index in [0.29, 0.717) is 0 Å². The van der Waals surface area contributed by atoms with Gasteiger partial charge >= 0.3 is 18.0 Å². The zero-order chi connectivity index (χ0) is 20.4. The fourth-order valence-electron chi connectivity index (χ4n) is 2.28. The van der Waals surface area contributed by atoms with E-state index in [1.165, 1.54) is 13.2 Å². The van der Waals surface area contributed by atoms with Crippen LogP contribution in [-0.4, -0.2) is 36.8 Å². The van der Waals surface area contributed by atoms with Crippen molar-refractivity contribution in [1.82, 2.24) is 5.32 Å². The van der Waals surface area contributed by atoms with Gasteiger partial charge < -0.3 is 19.5 Å². The smallest absolute Gasteiger partial charge is 0.408 e. The zero-order valence-electron chi connectivity index (χ0n) is 16.2. The monoisotopic (exact) mass is 377 g/mol. The molecule has 0 aromatic heterocycles. The Morgan fingerprint density at radius 1 is 1.15 bits per heavy atom. The quantitative estimate of drug-likeness (QED) is 0.425. The first-order valence-electron chi connectivity index (χ1n) is 8.56. The van der Waals surface area contributed by atoms with Crippen LogP contribution >= 0.6 is 0 Å². The number of nitrogens with one attached hydrogen (secondary N) is 1. The van der Waals surface area contributed by atoms with E-state index in [-0.39, 0.29) is 13.0 Å². The molecule has 7 nitrogen and oxygen atoms in total. The van der Waals surface area contributed by atoms with Gasteiger partial charge in [-0.2, -0.15) is 0 Å². The summed E-state index contributed by atoms with van der Waals surface area (Å²) >= 11 is 0. The summed E-state index contributed by atoms with van der Waals surface area (Å²) in [7, 11) is 1.21. The van der Waals surface area contributed by atoms with Crippen molar-refractivity contribution >= 4 is 18.0 Å². The van der Waals surface area contributed by atoms with Gasteiger partial charge in [0, 0.05) is 0 Å². The van der Waals surface area contributed by atoms with E-state index in [0.717, 1.165) is 5.56 Å². The molecule has 1 amide bonds. The van der Waals surface area contributed by atoms with Crippen molar-refractivity contribution in [2.45, 2.75) is 45.4 Å². The van der Waals surface area contributed by atoms with Crippen LogP contribution in [0, 0.1) is 5.92 Å². The third-order valence-electron chi connectivity index (χ3n) is 3.47. The molecule has 1 aromatic carbocycles. The number of benzene rings is 1. The SMILES string of the molecule is C=CC[C@H](C(=O)OC)[C@H](NC(=O)OCc1ccccc1)C(=O)OC(C)(C)C. The number of hydrogen-bond acceptors (Lipinski definition) is 6. The van der Waals surface area contributed by atoms with Gasteiger partial charge in [0.15, 0.2) is 0 Å². The Bertz CT molecular complexity index is 650. The first-order chi connectivity index (χ1) is 12.7. The summed E-state index contributed by atoms with van der Waals surface area (Å²) in [6.07, 6.45) is 0.749. The van der Waals surface area contributed by atoms with Gasteiger partial charge in [-0.25, -0.2) is 9.59 Å². The van der Waals surface area contributed by atoms with Crippen LogP contribution in [0.1, 0.15) is 32.8 Å². The van der Waals surface area contributed by atoms with Gasteiger partial charge in [0.2, 0.25) is 0 Å². The van der Waals surface area contributed by atoms with Crippen molar-refractivity contribution in [2.75, 3.05) is 7.11 Å². The van der Waals surface area contributed by atoms with Crippen molar-refractivity contribution in [1.29, 1.82) is 0 Å². The van der Waals surface area contributed by atoms with Gasteiger partial charge in [0.1, 0.15) is 18.2 Å². The molecule has 27 heavy (non-hydrogen) atoms. The van der Waals surface area contributed by atoms with Crippen LogP contribution in [0.2, 0.25) is 0 Å². The predicted octanol–water partition coefficient (Wildman–Crippen LogP) is 2.99. The first kappa shape index (κ1) is 22.2. The van der Waals surface area contributed by atoms with Crippen molar-refractivity contribution in [3.8, 4) is 0 Å². The molecule has 0 bridgehead atoms. The second-order valence-corrected chi connectivity index (χ2v) is 6.87. The highest BCUT2D eigenvalue weighted by Crippen LogP contribution is 2.18. The molecule has 0 heterocycles. The summed E-state index contributed by atoms with van der Waals surface area (Å²) in [6, 6.07) is 7.81. The van der Waals surface area contributed by atoms with Crippen LogP contribution in [-0.2, 0) is 30.4 Å². The lowest BCUT2D eigenvalue weighted by Crippen LogP contribution is -2.51. The molecule has 0 saturated carbocycles. The number of esters is 2. The van der Waals surface area contributed by atoms with Gasteiger partial charge in [0.05, 0.1) is 13.0 Å². The molecule has 0 fully saturated rings. The molecule has 148 valence electrons. The van der Waals surface area contributed by atoms with E-state index < -0.39 is 35.6 Å². The van der Waals surface area contributed by atoms with Crippen LogP contribution < -0.4 is 5.32 Å². The van der Waals surface area contributed by atoms with E-state index >= 15 is 0 Å². The second-order valence-electron chi connectivity index (χ2n) is 6.87. The Kier molecular flexibility index (Phi) is 8.51. The molecule has 1 N–H and O–H groups in total. The minimum atomic E-state index is -1.27. The number of alkyl carbamates (subject to hydrolysis) is 1. The molecule has 1 rings (SSSR count). The third-order valence-corrected chi connectivity index (χ3v) is 3.47. The summed E-state index contributed by atoms with van der Waals surface area (Å²) in [5, 5.41) is 2.43. The summed E-state index contributed by atoms with van der Waals surface area (Å²) in [5.74, 6) is -2.39. The van der Waals surface area contributed by atoms with E-state index in [1.807, 2.05) is 18.2 Å². The number of methoxy groups -OCH3 is 1. The van der Waals surface area contributed by atoms with Crippen molar-refractivity contribution in [3.05, 3.63) is 48.6 Å². The van der Waals surface area contributed by atoms with E-state index in [2.05, 4.69) is 11.9 Å². The van der Waals surface area contributed by atoms with Crippen molar-refractivity contribution < 1.29 is 28.6 Å². The Morgan fingerprint density at radius 2 is 1.78 bits per heavy atom.